The van der Waals surface area contributed by atoms with Crippen LogP contribution in [0.15, 0.2) is 47.2 Å². The number of rotatable bonds is 7. The van der Waals surface area contributed by atoms with E-state index >= 15 is 0 Å². The number of pyridine rings is 1. The zero-order chi connectivity index (χ0) is 19.5. The zero-order valence-electron chi connectivity index (χ0n) is 14.6. The fourth-order valence-corrected chi connectivity index (χ4v) is 2.96. The van der Waals surface area contributed by atoms with Crippen molar-refractivity contribution in [2.75, 3.05) is 23.8 Å². The summed E-state index contributed by atoms with van der Waals surface area (Å²) in [5, 5.41) is 35.2. The molecule has 0 atom stereocenters. The Kier molecular flexibility index (Phi) is 4.68. The smallest absolute Gasteiger partial charge is 0.323 e. The average Bonchev–Trinajstić information content (AvgIpc) is 3.17. The lowest BCUT2D eigenvalue weighted by atomic mass is 10.1. The number of hydrogen-bond donors (Lipinski definition) is 3. The predicted octanol–water partition coefficient (Wildman–Crippen LogP) is 3.22. The molecule has 2 heterocycles. The molecule has 0 unspecified atom stereocenters. The summed E-state index contributed by atoms with van der Waals surface area (Å²) >= 11 is 0. The summed E-state index contributed by atoms with van der Waals surface area (Å²) in [5.74, 6) is 0. The standard InChI is InChI=1S/C18H16N6O4/c25-8-2-7-20-15-10-14(16-17(23-28-22-16)18(15)24(26)27)21-12-4-5-13-11(9-12)3-1-6-19-13/h1,3-6,9-10,20-21,25H,2,7-8H2. The molecule has 3 N–H and O–H groups in total. The second-order valence-electron chi connectivity index (χ2n) is 6.08. The van der Waals surface area contributed by atoms with Crippen molar-refractivity contribution in [2.24, 2.45) is 0 Å². The molecule has 142 valence electrons. The van der Waals surface area contributed by atoms with E-state index in [1.165, 1.54) is 0 Å². The minimum Gasteiger partial charge on any atom is -0.396 e. The Morgan fingerprint density at radius 2 is 2.00 bits per heavy atom. The molecule has 2 aromatic carbocycles. The van der Waals surface area contributed by atoms with E-state index in [0.29, 0.717) is 18.7 Å². The van der Waals surface area contributed by atoms with Crippen LogP contribution in [0.2, 0.25) is 0 Å². The number of nitrogens with zero attached hydrogens (tertiary/aromatic N) is 4. The highest BCUT2D eigenvalue weighted by Gasteiger charge is 2.25. The lowest BCUT2D eigenvalue weighted by molar-refractivity contribution is -0.382. The lowest BCUT2D eigenvalue weighted by Crippen LogP contribution is -2.07. The summed E-state index contributed by atoms with van der Waals surface area (Å²) in [4.78, 5) is 15.3. The Balaban J connectivity index is 1.77. The number of aliphatic hydroxyl groups excluding tert-OH is 1. The first-order valence-electron chi connectivity index (χ1n) is 8.57. The zero-order valence-corrected chi connectivity index (χ0v) is 14.6. The molecule has 10 nitrogen and oxygen atoms in total. The van der Waals surface area contributed by atoms with Gasteiger partial charge in [-0.1, -0.05) is 6.07 Å². The number of benzene rings is 2. The van der Waals surface area contributed by atoms with Crippen molar-refractivity contribution >= 4 is 44.7 Å². The maximum absolute atomic E-state index is 11.6. The molecule has 10 heteroatoms. The van der Waals surface area contributed by atoms with Gasteiger partial charge in [0.15, 0.2) is 5.52 Å². The number of aromatic nitrogens is 3. The second kappa shape index (κ2) is 7.45. The third kappa shape index (κ3) is 3.28. The first kappa shape index (κ1) is 17.6. The van der Waals surface area contributed by atoms with Gasteiger partial charge in [0.1, 0.15) is 5.69 Å². The maximum Gasteiger partial charge on any atom is 0.323 e. The number of nitro groups is 1. The van der Waals surface area contributed by atoms with E-state index in [0.717, 1.165) is 16.6 Å². The minimum absolute atomic E-state index is 0.0230. The summed E-state index contributed by atoms with van der Waals surface area (Å²) in [7, 11) is 0. The van der Waals surface area contributed by atoms with Gasteiger partial charge < -0.3 is 15.7 Å². The summed E-state index contributed by atoms with van der Waals surface area (Å²) in [5.41, 5.74) is 2.48. The van der Waals surface area contributed by atoms with Gasteiger partial charge in [-0.3, -0.25) is 15.1 Å². The fraction of sp³-hybridized carbons (Fsp3) is 0.167. The molecule has 0 fully saturated rings. The van der Waals surface area contributed by atoms with Crippen molar-refractivity contribution in [3.63, 3.8) is 0 Å². The molecule has 0 aliphatic carbocycles. The van der Waals surface area contributed by atoms with E-state index in [4.69, 9.17) is 9.74 Å². The van der Waals surface area contributed by atoms with Crippen molar-refractivity contribution in [3.8, 4) is 0 Å². The highest BCUT2D eigenvalue weighted by molar-refractivity contribution is 6.00. The molecule has 0 spiro atoms. The van der Waals surface area contributed by atoms with E-state index in [-0.39, 0.29) is 29.0 Å². The van der Waals surface area contributed by atoms with Gasteiger partial charge in [0.2, 0.25) is 5.52 Å². The van der Waals surface area contributed by atoms with Crippen LogP contribution in [0.1, 0.15) is 6.42 Å². The molecular formula is C18H16N6O4. The largest absolute Gasteiger partial charge is 0.396 e. The van der Waals surface area contributed by atoms with Crippen molar-refractivity contribution in [1.82, 2.24) is 15.3 Å². The SMILES string of the molecule is O=[N+]([O-])c1c(NCCCO)cc(Nc2ccc3ncccc3c2)c2nonc12. The molecule has 0 saturated heterocycles. The van der Waals surface area contributed by atoms with Gasteiger partial charge in [0.05, 0.1) is 16.1 Å². The number of fused-ring (bicyclic) bond motifs is 2. The Bertz CT molecular complexity index is 1160. The topological polar surface area (TPSA) is 139 Å². The van der Waals surface area contributed by atoms with Gasteiger partial charge in [-0.25, -0.2) is 4.63 Å². The molecular weight excluding hydrogens is 364 g/mol. The Morgan fingerprint density at radius 3 is 2.82 bits per heavy atom. The quantitative estimate of drug-likeness (QED) is 0.250. The van der Waals surface area contributed by atoms with Gasteiger partial charge in [-0.2, -0.15) is 0 Å². The van der Waals surface area contributed by atoms with E-state index in [1.807, 2.05) is 30.3 Å². The predicted molar refractivity (Wildman–Crippen MR) is 104 cm³/mol. The molecule has 2 aromatic heterocycles. The third-order valence-corrected chi connectivity index (χ3v) is 4.23. The Morgan fingerprint density at radius 1 is 1.14 bits per heavy atom. The maximum atomic E-state index is 11.6. The first-order chi connectivity index (χ1) is 13.7. The molecule has 0 radical (unpaired) electrons. The fourth-order valence-electron chi connectivity index (χ4n) is 2.96. The van der Waals surface area contributed by atoms with Gasteiger partial charge in [-0.15, -0.1) is 0 Å². The second-order valence-corrected chi connectivity index (χ2v) is 6.08. The first-order valence-corrected chi connectivity index (χ1v) is 8.57. The van der Waals surface area contributed by atoms with Crippen LogP contribution in [0.3, 0.4) is 0 Å². The van der Waals surface area contributed by atoms with Crippen LogP contribution in [-0.2, 0) is 0 Å². The van der Waals surface area contributed by atoms with Gasteiger partial charge in [0.25, 0.3) is 0 Å². The van der Waals surface area contributed by atoms with Gasteiger partial charge >= 0.3 is 5.69 Å². The molecule has 4 rings (SSSR count). The number of aliphatic hydroxyl groups is 1. The van der Waals surface area contributed by atoms with Crippen molar-refractivity contribution in [1.29, 1.82) is 0 Å². The molecule has 0 bridgehead atoms. The summed E-state index contributed by atoms with van der Waals surface area (Å²) in [6.07, 6.45) is 2.17. The summed E-state index contributed by atoms with van der Waals surface area (Å²) in [6, 6.07) is 11.0. The van der Waals surface area contributed by atoms with E-state index < -0.39 is 4.92 Å². The highest BCUT2D eigenvalue weighted by Crippen LogP contribution is 2.38. The highest BCUT2D eigenvalue weighted by atomic mass is 16.6. The molecule has 0 aliphatic rings. The van der Waals surface area contributed by atoms with E-state index in [1.54, 1.807) is 12.3 Å². The summed E-state index contributed by atoms with van der Waals surface area (Å²) < 4.78 is 4.76. The van der Waals surface area contributed by atoms with Crippen LogP contribution < -0.4 is 10.6 Å². The average molecular weight is 380 g/mol. The van der Waals surface area contributed by atoms with E-state index in [2.05, 4.69) is 25.9 Å². The van der Waals surface area contributed by atoms with Crippen molar-refractivity contribution in [3.05, 3.63) is 52.7 Å². The Labute approximate surface area is 158 Å². The lowest BCUT2D eigenvalue weighted by Gasteiger charge is -2.11. The van der Waals surface area contributed by atoms with Crippen LogP contribution in [0.25, 0.3) is 21.9 Å². The van der Waals surface area contributed by atoms with Crippen molar-refractivity contribution < 1.29 is 14.7 Å². The van der Waals surface area contributed by atoms with Crippen LogP contribution in [0, 0.1) is 10.1 Å². The third-order valence-electron chi connectivity index (χ3n) is 4.23. The molecule has 0 aliphatic heterocycles. The minimum atomic E-state index is -0.528. The molecule has 4 aromatic rings. The van der Waals surface area contributed by atoms with Crippen LogP contribution in [0.5, 0.6) is 0 Å². The number of anilines is 3. The van der Waals surface area contributed by atoms with Gasteiger partial charge in [-0.05, 0) is 47.1 Å². The molecule has 0 saturated carbocycles. The van der Waals surface area contributed by atoms with Crippen LogP contribution in [-0.4, -0.2) is 38.5 Å². The summed E-state index contributed by atoms with van der Waals surface area (Å²) in [6.45, 7) is 0.347. The monoisotopic (exact) mass is 380 g/mol. The normalized spacial score (nSPS) is 11.0. The number of nitrogens with one attached hydrogen (secondary N) is 2. The molecule has 0 amide bonds. The number of hydrogen-bond acceptors (Lipinski definition) is 9. The van der Waals surface area contributed by atoms with Crippen molar-refractivity contribution in [2.45, 2.75) is 6.42 Å². The number of nitro benzene ring substituents is 1. The van der Waals surface area contributed by atoms with Gasteiger partial charge in [0, 0.05) is 30.4 Å². The Hall–Kier alpha value is -3.79. The molecule has 28 heavy (non-hydrogen) atoms. The van der Waals surface area contributed by atoms with Crippen LogP contribution in [0.4, 0.5) is 22.7 Å². The van der Waals surface area contributed by atoms with Crippen LogP contribution >= 0.6 is 0 Å². The van der Waals surface area contributed by atoms with E-state index in [9.17, 15) is 10.1 Å².